The fourth-order valence-corrected chi connectivity index (χ4v) is 9.51. The van der Waals surface area contributed by atoms with Gasteiger partial charge in [0.1, 0.15) is 0 Å². The number of imidazole rings is 1. The van der Waals surface area contributed by atoms with E-state index >= 15 is 0 Å². The van der Waals surface area contributed by atoms with Gasteiger partial charge in [0.2, 0.25) is 11.7 Å². The first-order valence-corrected chi connectivity index (χ1v) is 23.5. The van der Waals surface area contributed by atoms with Gasteiger partial charge in [0.05, 0.1) is 30.5 Å². The van der Waals surface area contributed by atoms with Gasteiger partial charge in [-0.05, 0) is 63.3 Å². The summed E-state index contributed by atoms with van der Waals surface area (Å²) in [6.07, 6.45) is 1.98. The number of nitrogens with zero attached hydrogens (tertiary/aromatic N) is 4. The predicted molar refractivity (Wildman–Crippen MR) is 242 cm³/mol. The number of hydrogen-bond acceptors (Lipinski definition) is 4. The Balaban J connectivity index is 0.000000220. The van der Waals surface area contributed by atoms with Gasteiger partial charge < -0.3 is 14.0 Å². The second kappa shape index (κ2) is 16.8. The molecule has 0 unspecified atom stereocenters. The van der Waals surface area contributed by atoms with Crippen molar-refractivity contribution in [2.75, 3.05) is 0 Å². The van der Waals surface area contributed by atoms with Crippen molar-refractivity contribution in [3.05, 3.63) is 150 Å². The number of benzene rings is 5. The van der Waals surface area contributed by atoms with Gasteiger partial charge in [0.25, 0.3) is 0 Å². The number of rotatable bonds is 7. The molecule has 4 heterocycles. The van der Waals surface area contributed by atoms with E-state index in [0.29, 0.717) is 5.58 Å². The van der Waals surface area contributed by atoms with Gasteiger partial charge in [-0.2, -0.15) is 9.37 Å². The molecule has 0 aliphatic carbocycles. The van der Waals surface area contributed by atoms with Gasteiger partial charge in [0.15, 0.2) is 0 Å². The molecule has 301 valence electrons. The number of hydrogen-bond donors (Lipinski definition) is 0. The van der Waals surface area contributed by atoms with Crippen LogP contribution in [0.4, 0.5) is 4.39 Å². The molecule has 4 aromatic heterocycles. The Hall–Kier alpha value is -5.27. The molecule has 0 atom stereocenters. The second-order valence-corrected chi connectivity index (χ2v) is 21.9. The van der Waals surface area contributed by atoms with E-state index in [-0.39, 0.29) is 37.7 Å². The summed E-state index contributed by atoms with van der Waals surface area (Å²) >= 11 is 0. The van der Waals surface area contributed by atoms with E-state index in [4.69, 9.17) is 10.8 Å². The Morgan fingerprint density at radius 3 is 2.14 bits per heavy atom. The van der Waals surface area contributed by atoms with Crippen LogP contribution in [0.15, 0.2) is 120 Å². The van der Waals surface area contributed by atoms with Crippen molar-refractivity contribution < 1.29 is 30.3 Å². The minimum absolute atomic E-state index is 0. The minimum atomic E-state index is -1.50. The molecule has 5 nitrogen and oxygen atoms in total. The van der Waals surface area contributed by atoms with Crippen LogP contribution in [0.3, 0.4) is 0 Å². The van der Waals surface area contributed by atoms with E-state index in [9.17, 15) is 4.39 Å². The van der Waals surface area contributed by atoms with Gasteiger partial charge in [-0.1, -0.05) is 132 Å². The smallest absolute Gasteiger partial charge is 0.218 e. The van der Waals surface area contributed by atoms with E-state index in [1.54, 1.807) is 6.07 Å². The van der Waals surface area contributed by atoms with Crippen LogP contribution in [0.1, 0.15) is 77.3 Å². The Kier molecular flexibility index (Phi) is 11.5. The standard InChI is InChI=1S/C34H27FN3O.C17H22NSi.Ir/c1-19(2)22-11-7-12-23(20(3)4)30(22)38-31-24-10-6-5-9-21(24)15-17-28(31)36-33(38)27-14-8-13-25-26-16-18-29(35)37-34(26)39-32(25)27;1-13(2)15-11-16(14-9-7-6-8-10-14)18-12-17(15)19(3,4)5;/h5-13,15-20H,1-4H3;6-9,11-13H,1-5H3;/q2*-1;/i;13D;. The Morgan fingerprint density at radius 2 is 1.46 bits per heavy atom. The number of halogens is 1. The first kappa shape index (κ1) is 40.5. The maximum Gasteiger partial charge on any atom is 0.218 e. The van der Waals surface area contributed by atoms with E-state index in [1.807, 2.05) is 56.4 Å². The van der Waals surface area contributed by atoms with E-state index in [1.165, 1.54) is 22.4 Å². The summed E-state index contributed by atoms with van der Waals surface area (Å²) in [7, 11) is -1.50. The minimum Gasteiger partial charge on any atom is -0.486 e. The first-order chi connectivity index (χ1) is 28.1. The van der Waals surface area contributed by atoms with Crippen molar-refractivity contribution in [2.24, 2.45) is 0 Å². The summed E-state index contributed by atoms with van der Waals surface area (Å²) in [5.41, 5.74) is 10.1. The fourth-order valence-electron chi connectivity index (χ4n) is 7.93. The number of fused-ring (bicyclic) bond motifs is 6. The molecule has 1 radical (unpaired) electrons. The molecule has 0 aliphatic rings. The van der Waals surface area contributed by atoms with E-state index < -0.39 is 19.9 Å². The van der Waals surface area contributed by atoms with Gasteiger partial charge in [-0.3, -0.25) is 4.98 Å². The zero-order valence-electron chi connectivity index (χ0n) is 36.0. The number of para-hydroxylation sites is 1. The predicted octanol–water partition coefficient (Wildman–Crippen LogP) is 13.5. The third-order valence-corrected chi connectivity index (χ3v) is 12.8. The molecule has 0 amide bonds. The van der Waals surface area contributed by atoms with E-state index in [2.05, 4.69) is 135 Å². The van der Waals surface area contributed by atoms with Crippen molar-refractivity contribution in [1.82, 2.24) is 19.5 Å². The molecule has 9 aromatic rings. The van der Waals surface area contributed by atoms with Gasteiger partial charge >= 0.3 is 0 Å². The summed E-state index contributed by atoms with van der Waals surface area (Å²) < 4.78 is 31.0. The normalized spacial score (nSPS) is 12.3. The van der Waals surface area contributed by atoms with Gasteiger partial charge in [-0.15, -0.1) is 54.1 Å². The molecule has 0 spiro atoms. The molecule has 0 saturated heterocycles. The Morgan fingerprint density at radius 1 is 0.729 bits per heavy atom. The maximum absolute atomic E-state index is 14.0. The first-order valence-electron chi connectivity index (χ1n) is 20.5. The van der Waals surface area contributed by atoms with Crippen molar-refractivity contribution in [3.8, 4) is 28.3 Å². The molecular weight excluding hydrogens is 924 g/mol. The van der Waals surface area contributed by atoms with Crippen LogP contribution in [-0.2, 0) is 20.1 Å². The quantitative estimate of drug-likeness (QED) is 0.0907. The monoisotopic (exact) mass is 974 g/mol. The molecule has 9 rings (SSSR count). The average Bonchev–Trinajstić information content (AvgIpc) is 3.78. The van der Waals surface area contributed by atoms with Crippen LogP contribution in [0, 0.1) is 18.1 Å². The largest absolute Gasteiger partial charge is 0.486 e. The van der Waals surface area contributed by atoms with Crippen LogP contribution >= 0.6 is 0 Å². The molecule has 0 N–H and O–H groups in total. The number of aromatic nitrogens is 4. The molecule has 59 heavy (non-hydrogen) atoms. The number of furan rings is 1. The zero-order chi connectivity index (χ0) is 41.8. The molecule has 0 saturated carbocycles. The van der Waals surface area contributed by atoms with Crippen molar-refractivity contribution in [3.63, 3.8) is 0 Å². The zero-order valence-corrected chi connectivity index (χ0v) is 38.4. The van der Waals surface area contributed by atoms with Crippen molar-refractivity contribution in [1.29, 1.82) is 0 Å². The summed E-state index contributed by atoms with van der Waals surface area (Å²) in [5, 5.41) is 5.17. The van der Waals surface area contributed by atoms with Crippen LogP contribution in [0.25, 0.3) is 72.2 Å². The summed E-state index contributed by atoms with van der Waals surface area (Å²) in [6.45, 7) is 19.7. The third-order valence-electron chi connectivity index (χ3n) is 10.8. The van der Waals surface area contributed by atoms with E-state index in [0.717, 1.165) is 66.5 Å². The van der Waals surface area contributed by atoms with Crippen LogP contribution in [0.5, 0.6) is 0 Å². The van der Waals surface area contributed by atoms with Crippen LogP contribution < -0.4 is 5.19 Å². The molecule has 0 fully saturated rings. The van der Waals surface area contributed by atoms with Gasteiger partial charge in [0, 0.05) is 44.1 Å². The molecule has 0 bridgehead atoms. The van der Waals surface area contributed by atoms with Gasteiger partial charge in [-0.25, -0.2) is 0 Å². The Bertz CT molecular complexity index is 2970. The summed E-state index contributed by atoms with van der Waals surface area (Å²) in [5.74, 6) is 0.135. The number of pyridine rings is 2. The average molecular weight is 974 g/mol. The Labute approximate surface area is 362 Å². The van der Waals surface area contributed by atoms with Crippen LogP contribution in [0.2, 0.25) is 19.6 Å². The van der Waals surface area contributed by atoms with Crippen LogP contribution in [-0.4, -0.2) is 27.6 Å². The van der Waals surface area contributed by atoms with Crippen molar-refractivity contribution in [2.45, 2.75) is 78.9 Å². The summed E-state index contributed by atoms with van der Waals surface area (Å²) in [4.78, 5) is 13.8. The fraction of sp³-hybridized carbons (Fsp3) is 0.235. The molecular formula is C51H49FIrN4OSi-2. The molecule has 0 aliphatic heterocycles. The maximum atomic E-state index is 14.0. The second-order valence-electron chi connectivity index (χ2n) is 16.8. The summed E-state index contributed by atoms with van der Waals surface area (Å²) in [6, 6.07) is 42.7. The van der Waals surface area contributed by atoms with Crippen molar-refractivity contribution >= 4 is 57.1 Å². The SMILES string of the molecule is CC(C)c1cccc(C(C)C)c1-n1c(-c2[c-]ccc3c2oc2nc(F)ccc23)nc2ccc3ccccc3c21.[2H]C(C)(C)c1cc(-c2[c-]cccc2)ncc1[Si](C)(C)C.[Ir]. The molecule has 8 heteroatoms. The molecule has 5 aromatic carbocycles. The topological polar surface area (TPSA) is 56.7 Å². The third kappa shape index (κ3) is 7.94.